The van der Waals surface area contributed by atoms with E-state index < -0.39 is 74.9 Å². The van der Waals surface area contributed by atoms with Crippen molar-refractivity contribution >= 4 is 29.5 Å². The summed E-state index contributed by atoms with van der Waals surface area (Å²) in [6.07, 6.45) is 0.549. The SMILES string of the molecule is CC(C)C(=O)O[C@]1(C(=O)S)[C@H](C)CC2C3C[C@H](F)C4=CC(=O)C=CC4(C)[C@@]3(F)[C@@H](O)CC21C. The summed E-state index contributed by atoms with van der Waals surface area (Å²) in [5.74, 6) is -3.47. The number of carbonyl (C=O) groups excluding carboxylic acids is 3. The second-order valence-corrected chi connectivity index (χ2v) is 11.5. The molecule has 4 unspecified atom stereocenters. The Hall–Kier alpha value is -1.54. The van der Waals surface area contributed by atoms with Gasteiger partial charge in [0.15, 0.2) is 17.1 Å². The third kappa shape index (κ3) is 2.89. The normalized spacial score (nSPS) is 48.6. The molecule has 0 aromatic carbocycles. The number of alkyl halides is 2. The predicted molar refractivity (Wildman–Crippen MR) is 121 cm³/mol. The van der Waals surface area contributed by atoms with E-state index in [1.54, 1.807) is 27.7 Å². The average molecular weight is 483 g/mol. The van der Waals surface area contributed by atoms with Crippen LogP contribution in [0.15, 0.2) is 23.8 Å². The Balaban J connectivity index is 1.87. The molecule has 5 nitrogen and oxygen atoms in total. The Kier molecular flexibility index (Phi) is 5.57. The largest absolute Gasteiger partial charge is 0.449 e. The van der Waals surface area contributed by atoms with Gasteiger partial charge in [-0.3, -0.25) is 14.4 Å². The molecule has 0 heterocycles. The van der Waals surface area contributed by atoms with Crippen LogP contribution in [0, 0.1) is 34.5 Å². The molecule has 4 aliphatic rings. The van der Waals surface area contributed by atoms with Crippen LogP contribution in [-0.4, -0.2) is 45.5 Å². The van der Waals surface area contributed by atoms with Crippen LogP contribution in [0.5, 0.6) is 0 Å². The number of rotatable bonds is 3. The highest BCUT2D eigenvalue weighted by molar-refractivity contribution is 7.96. The fourth-order valence-electron chi connectivity index (χ4n) is 7.52. The number of allylic oxidation sites excluding steroid dienone is 4. The van der Waals surface area contributed by atoms with E-state index in [1.165, 1.54) is 19.1 Å². The van der Waals surface area contributed by atoms with Gasteiger partial charge in [0.25, 0.3) is 0 Å². The summed E-state index contributed by atoms with van der Waals surface area (Å²) in [7, 11) is 0. The van der Waals surface area contributed by atoms with Gasteiger partial charge in [-0.2, -0.15) is 0 Å². The molecule has 9 atom stereocenters. The predicted octanol–water partition coefficient (Wildman–Crippen LogP) is 3.95. The Bertz CT molecular complexity index is 978. The minimum absolute atomic E-state index is 0.0465. The van der Waals surface area contributed by atoms with E-state index >= 15 is 8.78 Å². The highest BCUT2D eigenvalue weighted by Crippen LogP contribution is 2.71. The van der Waals surface area contributed by atoms with Gasteiger partial charge in [0.1, 0.15) is 6.17 Å². The quantitative estimate of drug-likeness (QED) is 0.470. The number of ether oxygens (including phenoxy) is 1. The first-order valence-electron chi connectivity index (χ1n) is 11.6. The van der Waals surface area contributed by atoms with E-state index in [0.717, 1.165) is 6.08 Å². The van der Waals surface area contributed by atoms with Gasteiger partial charge < -0.3 is 9.84 Å². The first kappa shape index (κ1) is 24.6. The van der Waals surface area contributed by atoms with Gasteiger partial charge in [0, 0.05) is 22.7 Å². The molecule has 0 radical (unpaired) electrons. The smallest absolute Gasteiger partial charge is 0.309 e. The van der Waals surface area contributed by atoms with Crippen molar-refractivity contribution in [2.75, 3.05) is 0 Å². The number of ketones is 1. The summed E-state index contributed by atoms with van der Waals surface area (Å²) >= 11 is 4.12. The van der Waals surface area contributed by atoms with E-state index in [0.29, 0.717) is 6.42 Å². The molecule has 33 heavy (non-hydrogen) atoms. The van der Waals surface area contributed by atoms with Gasteiger partial charge in [-0.15, -0.1) is 12.6 Å². The van der Waals surface area contributed by atoms with Gasteiger partial charge in [-0.1, -0.05) is 33.8 Å². The molecular formula is C25H32F2O5S. The molecule has 182 valence electrons. The molecule has 4 rings (SSSR count). The molecule has 0 aliphatic heterocycles. The van der Waals surface area contributed by atoms with E-state index in [4.69, 9.17) is 4.74 Å². The van der Waals surface area contributed by atoms with Crippen LogP contribution in [-0.2, 0) is 19.1 Å². The molecule has 0 amide bonds. The molecule has 0 bridgehead atoms. The van der Waals surface area contributed by atoms with Gasteiger partial charge in [-0.25, -0.2) is 8.78 Å². The van der Waals surface area contributed by atoms with E-state index in [2.05, 4.69) is 12.6 Å². The third-order valence-electron chi connectivity index (χ3n) is 9.22. The van der Waals surface area contributed by atoms with Crippen molar-refractivity contribution in [3.63, 3.8) is 0 Å². The van der Waals surface area contributed by atoms with E-state index in [1.807, 2.05) is 0 Å². The Morgan fingerprint density at radius 1 is 1.24 bits per heavy atom. The maximum Gasteiger partial charge on any atom is 0.309 e. The summed E-state index contributed by atoms with van der Waals surface area (Å²) in [6, 6.07) is 0. The van der Waals surface area contributed by atoms with Crippen LogP contribution >= 0.6 is 12.6 Å². The summed E-state index contributed by atoms with van der Waals surface area (Å²) in [4.78, 5) is 37.6. The van der Waals surface area contributed by atoms with Crippen molar-refractivity contribution in [2.24, 2.45) is 34.5 Å². The van der Waals surface area contributed by atoms with Crippen LogP contribution in [0.25, 0.3) is 0 Å². The maximum atomic E-state index is 17.2. The summed E-state index contributed by atoms with van der Waals surface area (Å²) in [6.45, 7) is 8.33. The van der Waals surface area contributed by atoms with Gasteiger partial charge in [0.05, 0.1) is 12.0 Å². The standard InChI is InChI=1S/C25H32F2O5S/c1-12(2)20(30)32-25(21(31)33)13(3)8-15-16-10-18(26)17-9-14(28)6-7-22(17,4)24(16,27)19(29)11-23(15,25)5/h6-7,9,12-13,15-16,18-19,29H,8,10-11H2,1-5H3,(H,31,33)/t13-,15?,16?,18+,19+,22?,23?,24+,25+/m1/s1. The molecule has 3 fully saturated rings. The van der Waals surface area contributed by atoms with Crippen LogP contribution in [0.1, 0.15) is 53.9 Å². The number of esters is 1. The molecule has 0 spiro atoms. The first-order valence-corrected chi connectivity index (χ1v) is 12.0. The minimum atomic E-state index is -2.25. The lowest BCUT2D eigenvalue weighted by Gasteiger charge is -2.63. The zero-order valence-electron chi connectivity index (χ0n) is 19.6. The van der Waals surface area contributed by atoms with E-state index in [-0.39, 0.29) is 18.4 Å². The fraction of sp³-hybridized carbons (Fsp3) is 0.720. The fourth-order valence-corrected chi connectivity index (χ4v) is 8.04. The van der Waals surface area contributed by atoms with Crippen LogP contribution in [0.2, 0.25) is 0 Å². The molecule has 0 saturated heterocycles. The van der Waals surface area contributed by atoms with Crippen LogP contribution in [0.4, 0.5) is 8.78 Å². The zero-order chi connectivity index (χ0) is 24.7. The number of aliphatic hydroxyl groups is 1. The number of carbonyl (C=O) groups is 3. The Labute approximate surface area is 198 Å². The number of halogens is 2. The van der Waals surface area contributed by atoms with Crippen molar-refractivity contribution < 1.29 is 33.0 Å². The average Bonchev–Trinajstić information content (AvgIpc) is 2.93. The van der Waals surface area contributed by atoms with Crippen molar-refractivity contribution in [1.29, 1.82) is 0 Å². The Morgan fingerprint density at radius 3 is 2.45 bits per heavy atom. The number of thiol groups is 1. The molecule has 8 heteroatoms. The monoisotopic (exact) mass is 482 g/mol. The molecule has 0 aromatic rings. The lowest BCUT2D eigenvalue weighted by atomic mass is 9.44. The van der Waals surface area contributed by atoms with Crippen molar-refractivity contribution in [3.8, 4) is 0 Å². The van der Waals surface area contributed by atoms with Gasteiger partial charge in [-0.05, 0) is 49.8 Å². The van der Waals surface area contributed by atoms with Crippen LogP contribution in [0.3, 0.4) is 0 Å². The number of aliphatic hydroxyl groups excluding tert-OH is 1. The maximum absolute atomic E-state index is 17.2. The third-order valence-corrected chi connectivity index (χ3v) is 9.55. The lowest BCUT2D eigenvalue weighted by Crippen LogP contribution is -2.70. The summed E-state index contributed by atoms with van der Waals surface area (Å²) < 4.78 is 38.5. The Morgan fingerprint density at radius 2 is 1.88 bits per heavy atom. The van der Waals surface area contributed by atoms with Gasteiger partial charge in [0.2, 0.25) is 5.12 Å². The van der Waals surface area contributed by atoms with E-state index in [9.17, 15) is 19.5 Å². The first-order chi connectivity index (χ1) is 15.2. The van der Waals surface area contributed by atoms with Crippen molar-refractivity contribution in [3.05, 3.63) is 23.8 Å². The molecule has 0 aromatic heterocycles. The summed E-state index contributed by atoms with van der Waals surface area (Å²) in [5, 5.41) is 10.7. The summed E-state index contributed by atoms with van der Waals surface area (Å²) in [5.41, 5.74) is -6.50. The number of hydrogen-bond donors (Lipinski definition) is 2. The number of hydrogen-bond acceptors (Lipinski definition) is 5. The number of fused-ring (bicyclic) bond motifs is 5. The van der Waals surface area contributed by atoms with Gasteiger partial charge >= 0.3 is 5.97 Å². The topological polar surface area (TPSA) is 80.7 Å². The second-order valence-electron chi connectivity index (χ2n) is 11.1. The lowest BCUT2D eigenvalue weighted by molar-refractivity contribution is -0.229. The highest BCUT2D eigenvalue weighted by atomic mass is 32.1. The molecule has 3 saturated carbocycles. The van der Waals surface area contributed by atoms with Crippen LogP contribution < -0.4 is 0 Å². The molecule has 4 aliphatic carbocycles. The van der Waals surface area contributed by atoms with Crippen molar-refractivity contribution in [1.82, 2.24) is 0 Å². The zero-order valence-corrected chi connectivity index (χ0v) is 20.5. The molecule has 1 N–H and O–H groups in total. The second kappa shape index (κ2) is 7.48. The highest BCUT2D eigenvalue weighted by Gasteiger charge is 2.77. The van der Waals surface area contributed by atoms with Crippen molar-refractivity contribution in [2.45, 2.75) is 77.4 Å². The minimum Gasteiger partial charge on any atom is -0.449 e. The molecular weight excluding hydrogens is 450 g/mol.